The van der Waals surface area contributed by atoms with Crippen molar-refractivity contribution in [3.63, 3.8) is 0 Å². The number of nitrogens with zero attached hydrogens (tertiary/aromatic N) is 2. The highest BCUT2D eigenvalue weighted by atomic mass is 28.3. The lowest BCUT2D eigenvalue weighted by molar-refractivity contribution is -0.124. The van der Waals surface area contributed by atoms with Crippen LogP contribution in [-0.4, -0.2) is 79.4 Å². The number of ether oxygens (including phenoxy) is 3. The molecule has 1 N–H and O–H groups in total. The van der Waals surface area contributed by atoms with E-state index in [1.54, 1.807) is 23.8 Å². The highest BCUT2D eigenvalue weighted by Crippen LogP contribution is 2.30. The van der Waals surface area contributed by atoms with Gasteiger partial charge in [-0.25, -0.2) is 14.4 Å². The first-order chi connectivity index (χ1) is 22.8. The van der Waals surface area contributed by atoms with E-state index in [0.717, 1.165) is 35.4 Å². The van der Waals surface area contributed by atoms with Crippen LogP contribution in [0.2, 0.25) is 25.7 Å². The van der Waals surface area contributed by atoms with Gasteiger partial charge < -0.3 is 29.0 Å². The van der Waals surface area contributed by atoms with Crippen molar-refractivity contribution in [2.45, 2.75) is 104 Å². The Morgan fingerprint density at radius 3 is 2.39 bits per heavy atom. The van der Waals surface area contributed by atoms with Crippen molar-refractivity contribution in [2.24, 2.45) is 17.9 Å². The third-order valence-corrected chi connectivity index (χ3v) is 10.7. The number of hydrogen-bond donors (Lipinski definition) is 1. The number of Topliss-reactive ketones (excluding diaryl/α,β-unsaturated/α-hetero) is 1. The van der Waals surface area contributed by atoms with Gasteiger partial charge in [0.1, 0.15) is 11.8 Å². The molecule has 2 heterocycles. The summed E-state index contributed by atoms with van der Waals surface area (Å²) in [4.78, 5) is 55.3. The highest BCUT2D eigenvalue weighted by Gasteiger charge is 2.42. The summed E-state index contributed by atoms with van der Waals surface area (Å²) in [6, 6.07) is 6.87. The van der Waals surface area contributed by atoms with Crippen molar-refractivity contribution < 1.29 is 33.4 Å². The van der Waals surface area contributed by atoms with E-state index in [1.807, 2.05) is 58.9 Å². The van der Waals surface area contributed by atoms with Crippen molar-refractivity contribution in [3.8, 4) is 0 Å². The Bertz CT molecular complexity index is 1530. The van der Waals surface area contributed by atoms with Crippen LogP contribution in [0.5, 0.6) is 0 Å². The number of esters is 1. The normalized spacial score (nSPS) is 17.4. The number of likely N-dealkylation sites (tertiary alicyclic amines) is 1. The number of hydrogen-bond acceptors (Lipinski definition) is 7. The van der Waals surface area contributed by atoms with E-state index in [9.17, 15) is 19.2 Å². The zero-order valence-corrected chi connectivity index (χ0v) is 32.0. The number of benzene rings is 1. The van der Waals surface area contributed by atoms with Gasteiger partial charge in [0.2, 0.25) is 0 Å². The first kappa shape index (κ1) is 39.6. The van der Waals surface area contributed by atoms with Gasteiger partial charge in [-0.1, -0.05) is 85.1 Å². The standard InChI is InChI=1S/C38H57N3O7Si/c1-12-14-18-38(6,7)25-47-35(44)39-33(37(3,4)5)32(42)22-27-21-28(24-41(27)36(45)46-19-20-49(9,10)11)48-34(43)31-23-29-26(13-2)16-15-17-30(29)40(31)8/h12-13,15-17,23,27-28,33H,1-2,14,18-22,24-25H2,3-11H3,(H,39,44)/t27?,28-,33-/m1/s1. The minimum absolute atomic E-state index is 0.0546. The van der Waals surface area contributed by atoms with E-state index in [0.29, 0.717) is 5.69 Å². The van der Waals surface area contributed by atoms with Crippen molar-refractivity contribution >= 4 is 49.0 Å². The molecule has 1 fully saturated rings. The van der Waals surface area contributed by atoms with Crippen molar-refractivity contribution in [3.05, 3.63) is 54.8 Å². The molecule has 1 unspecified atom stereocenters. The Kier molecular flexibility index (Phi) is 13.1. The largest absolute Gasteiger partial charge is 0.456 e. The number of alkyl carbamates (subject to hydrolysis) is 1. The summed E-state index contributed by atoms with van der Waals surface area (Å²) in [6.07, 6.45) is 3.50. The number of aryl methyl sites for hydroxylation is 1. The van der Waals surface area contributed by atoms with Gasteiger partial charge in [-0.15, -0.1) is 6.58 Å². The van der Waals surface area contributed by atoms with Crippen LogP contribution in [0.15, 0.2) is 43.5 Å². The van der Waals surface area contributed by atoms with Crippen LogP contribution in [0.4, 0.5) is 9.59 Å². The molecule has 1 aromatic heterocycles. The predicted molar refractivity (Wildman–Crippen MR) is 197 cm³/mol. The molecule has 0 bridgehead atoms. The van der Waals surface area contributed by atoms with Crippen molar-refractivity contribution in [2.75, 3.05) is 19.8 Å². The van der Waals surface area contributed by atoms with Gasteiger partial charge in [0.25, 0.3) is 0 Å². The van der Waals surface area contributed by atoms with Gasteiger partial charge >= 0.3 is 18.2 Å². The third kappa shape index (κ3) is 11.1. The zero-order chi connectivity index (χ0) is 36.7. The predicted octanol–water partition coefficient (Wildman–Crippen LogP) is 7.99. The summed E-state index contributed by atoms with van der Waals surface area (Å²) < 4.78 is 19.0. The number of rotatable bonds is 15. The zero-order valence-electron chi connectivity index (χ0n) is 31.0. The molecular formula is C38H57N3O7Si. The van der Waals surface area contributed by atoms with Gasteiger partial charge in [0.05, 0.1) is 25.8 Å². The smallest absolute Gasteiger partial charge is 0.410 e. The molecule has 11 heteroatoms. The Balaban J connectivity index is 1.78. The lowest BCUT2D eigenvalue weighted by Gasteiger charge is -2.32. The first-order valence-electron chi connectivity index (χ1n) is 17.2. The van der Waals surface area contributed by atoms with E-state index in [1.165, 1.54) is 4.90 Å². The molecule has 0 radical (unpaired) electrons. The molecule has 1 saturated heterocycles. The number of fused-ring (bicyclic) bond motifs is 1. The third-order valence-electron chi connectivity index (χ3n) is 9.02. The molecule has 49 heavy (non-hydrogen) atoms. The molecular weight excluding hydrogens is 639 g/mol. The number of amides is 2. The molecule has 0 saturated carbocycles. The van der Waals surface area contributed by atoms with E-state index in [2.05, 4.69) is 38.1 Å². The average Bonchev–Trinajstić information content (AvgIpc) is 3.56. The molecule has 1 aliphatic rings. The van der Waals surface area contributed by atoms with Crippen molar-refractivity contribution in [1.82, 2.24) is 14.8 Å². The van der Waals surface area contributed by atoms with E-state index >= 15 is 0 Å². The number of allylic oxidation sites excluding steroid dienone is 1. The lowest BCUT2D eigenvalue weighted by Crippen LogP contribution is -2.51. The van der Waals surface area contributed by atoms with E-state index in [-0.39, 0.29) is 43.8 Å². The molecule has 270 valence electrons. The summed E-state index contributed by atoms with van der Waals surface area (Å²) in [5.74, 6) is -0.774. The van der Waals surface area contributed by atoms with Gasteiger partial charge in [-0.05, 0) is 47.4 Å². The van der Waals surface area contributed by atoms with Gasteiger partial charge in [-0.3, -0.25) is 4.79 Å². The Morgan fingerprint density at radius 2 is 1.78 bits per heavy atom. The van der Waals surface area contributed by atoms with Crippen LogP contribution >= 0.6 is 0 Å². The van der Waals surface area contributed by atoms with Gasteiger partial charge in [0.15, 0.2) is 5.78 Å². The molecule has 3 atom stereocenters. The summed E-state index contributed by atoms with van der Waals surface area (Å²) in [6.45, 7) is 24.4. The number of carbonyl (C=O) groups is 4. The first-order valence-corrected chi connectivity index (χ1v) is 20.9. The van der Waals surface area contributed by atoms with Crippen LogP contribution in [0.1, 0.15) is 76.4 Å². The number of carbonyl (C=O) groups excluding carboxylic acids is 4. The fourth-order valence-electron chi connectivity index (χ4n) is 5.99. The maximum atomic E-state index is 13.9. The molecule has 2 amide bonds. The second-order valence-corrected chi connectivity index (χ2v) is 21.9. The van der Waals surface area contributed by atoms with E-state index in [4.69, 9.17) is 14.2 Å². The van der Waals surface area contributed by atoms with Gasteiger partial charge in [0, 0.05) is 44.9 Å². The fourth-order valence-corrected chi connectivity index (χ4v) is 6.70. The summed E-state index contributed by atoms with van der Waals surface area (Å²) in [5, 5.41) is 3.67. The SMILES string of the molecule is C=CCCC(C)(C)COC(=O)N[C@H](C(=O)CC1C[C@@H](OC(=O)c2cc3c(C=C)cccc3n2C)CN1C(=O)OCC[Si](C)(C)C)C(C)(C)C. The quantitative estimate of drug-likeness (QED) is 0.0869. The summed E-state index contributed by atoms with van der Waals surface area (Å²) in [7, 11) is 0.335. The molecule has 3 rings (SSSR count). The molecule has 10 nitrogen and oxygen atoms in total. The van der Waals surface area contributed by atoms with E-state index < -0.39 is 49.8 Å². The number of ketones is 1. The maximum absolute atomic E-state index is 13.9. The second-order valence-electron chi connectivity index (χ2n) is 16.2. The molecule has 1 aliphatic heterocycles. The summed E-state index contributed by atoms with van der Waals surface area (Å²) in [5.41, 5.74) is 1.25. The maximum Gasteiger partial charge on any atom is 0.410 e. The number of aromatic nitrogens is 1. The van der Waals surface area contributed by atoms with Crippen LogP contribution in [-0.2, 0) is 26.1 Å². The Labute approximate surface area is 293 Å². The van der Waals surface area contributed by atoms with Crippen LogP contribution in [0, 0.1) is 10.8 Å². The molecule has 0 aliphatic carbocycles. The van der Waals surface area contributed by atoms with Gasteiger partial charge in [-0.2, -0.15) is 0 Å². The minimum atomic E-state index is -1.47. The number of nitrogens with one attached hydrogen (secondary N) is 1. The molecule has 2 aromatic rings. The fraction of sp³-hybridized carbons (Fsp3) is 0.579. The van der Waals surface area contributed by atoms with Crippen LogP contribution < -0.4 is 5.32 Å². The lowest BCUT2D eigenvalue weighted by atomic mass is 9.82. The van der Waals surface area contributed by atoms with Crippen LogP contribution in [0.25, 0.3) is 17.0 Å². The Morgan fingerprint density at radius 1 is 1.08 bits per heavy atom. The topological polar surface area (TPSA) is 116 Å². The summed E-state index contributed by atoms with van der Waals surface area (Å²) >= 11 is 0. The molecule has 1 aromatic carbocycles. The minimum Gasteiger partial charge on any atom is -0.456 e. The van der Waals surface area contributed by atoms with Crippen molar-refractivity contribution in [1.29, 1.82) is 0 Å². The average molecular weight is 696 g/mol. The van der Waals surface area contributed by atoms with Crippen LogP contribution in [0.3, 0.4) is 0 Å². The second kappa shape index (κ2) is 16.2. The monoisotopic (exact) mass is 695 g/mol. The molecule has 0 spiro atoms. The Hall–Kier alpha value is -3.86. The highest BCUT2D eigenvalue weighted by molar-refractivity contribution is 6.76.